The number of allylic oxidation sites excluding steroid dienone is 2. The Morgan fingerprint density at radius 2 is 1.84 bits per heavy atom. The van der Waals surface area contributed by atoms with Crippen molar-refractivity contribution in [3.05, 3.63) is 42.5 Å². The van der Waals surface area contributed by atoms with Gasteiger partial charge in [-0.05, 0) is 37.8 Å². The zero-order valence-corrected chi connectivity index (χ0v) is 10.9. The van der Waals surface area contributed by atoms with Gasteiger partial charge in [-0.3, -0.25) is 0 Å². The molecule has 1 aromatic rings. The van der Waals surface area contributed by atoms with Crippen LogP contribution in [0.15, 0.2) is 42.5 Å². The molecule has 1 aromatic carbocycles. The molecule has 19 heavy (non-hydrogen) atoms. The van der Waals surface area contributed by atoms with Crippen LogP contribution in [0.1, 0.15) is 25.7 Å². The fraction of sp³-hybridized carbons (Fsp3) is 0.400. The second kappa shape index (κ2) is 6.95. The van der Waals surface area contributed by atoms with Crippen molar-refractivity contribution >= 4 is 6.09 Å². The summed E-state index contributed by atoms with van der Waals surface area (Å²) in [5, 5.41) is 2.86. The fourth-order valence-corrected chi connectivity index (χ4v) is 2.17. The van der Waals surface area contributed by atoms with E-state index in [-0.39, 0.29) is 12.1 Å². The van der Waals surface area contributed by atoms with Crippen LogP contribution in [0.2, 0.25) is 0 Å². The minimum absolute atomic E-state index is 0.0201. The number of hydrogen-bond donors (Lipinski definition) is 2. The molecule has 1 unspecified atom stereocenters. The normalized spacial score (nSPS) is 23.2. The van der Waals surface area contributed by atoms with Gasteiger partial charge >= 0.3 is 6.09 Å². The highest BCUT2D eigenvalue weighted by Crippen LogP contribution is 2.13. The van der Waals surface area contributed by atoms with E-state index in [1.165, 1.54) is 0 Å². The third-order valence-corrected chi connectivity index (χ3v) is 3.25. The van der Waals surface area contributed by atoms with Crippen molar-refractivity contribution in [1.29, 1.82) is 0 Å². The number of amides is 1. The number of benzene rings is 1. The third kappa shape index (κ3) is 4.41. The van der Waals surface area contributed by atoms with Gasteiger partial charge in [-0.25, -0.2) is 4.79 Å². The molecule has 0 spiro atoms. The zero-order valence-electron chi connectivity index (χ0n) is 10.9. The van der Waals surface area contributed by atoms with Crippen molar-refractivity contribution in [2.75, 3.05) is 0 Å². The van der Waals surface area contributed by atoms with E-state index < -0.39 is 6.09 Å². The first-order valence-electron chi connectivity index (χ1n) is 6.69. The number of hydrogen-bond acceptors (Lipinski definition) is 3. The highest BCUT2D eigenvalue weighted by Gasteiger charge is 2.20. The number of carbonyl (C=O) groups is 1. The van der Waals surface area contributed by atoms with Crippen molar-refractivity contribution in [1.82, 2.24) is 5.32 Å². The van der Waals surface area contributed by atoms with E-state index in [0.717, 1.165) is 25.7 Å². The Bertz CT molecular complexity index is 431. The van der Waals surface area contributed by atoms with Gasteiger partial charge in [0.05, 0.1) is 0 Å². The molecule has 0 saturated carbocycles. The summed E-state index contributed by atoms with van der Waals surface area (Å²) in [5.74, 6) is 0.541. The van der Waals surface area contributed by atoms with Crippen LogP contribution in [0.4, 0.5) is 4.79 Å². The summed E-state index contributed by atoms with van der Waals surface area (Å²) in [6, 6.07) is 8.99. The van der Waals surface area contributed by atoms with Crippen LogP contribution in [0.5, 0.6) is 5.75 Å². The summed E-state index contributed by atoms with van der Waals surface area (Å²) in [4.78, 5) is 11.8. The average molecular weight is 260 g/mol. The predicted octanol–water partition coefficient (Wildman–Crippen LogP) is 2.60. The first-order chi connectivity index (χ1) is 9.25. The van der Waals surface area contributed by atoms with E-state index in [1.807, 2.05) is 18.2 Å². The molecule has 0 aromatic heterocycles. The summed E-state index contributed by atoms with van der Waals surface area (Å²) in [5.41, 5.74) is 6.09. The van der Waals surface area contributed by atoms with Crippen LogP contribution in [0.25, 0.3) is 0 Å². The Balaban J connectivity index is 1.88. The highest BCUT2D eigenvalue weighted by atomic mass is 16.6. The monoisotopic (exact) mass is 260 g/mol. The smallest absolute Gasteiger partial charge is 0.410 e. The maximum Gasteiger partial charge on any atom is 0.412 e. The summed E-state index contributed by atoms with van der Waals surface area (Å²) >= 11 is 0. The van der Waals surface area contributed by atoms with Crippen molar-refractivity contribution in [3.8, 4) is 5.75 Å². The van der Waals surface area contributed by atoms with Gasteiger partial charge in [-0.15, -0.1) is 0 Å². The number of para-hydroxylation sites is 1. The number of nitrogens with one attached hydrogen (secondary N) is 1. The summed E-state index contributed by atoms with van der Waals surface area (Å²) in [6.07, 6.45) is 7.49. The van der Waals surface area contributed by atoms with Gasteiger partial charge in [0, 0.05) is 12.1 Å². The van der Waals surface area contributed by atoms with Crippen molar-refractivity contribution < 1.29 is 9.53 Å². The number of rotatable bonds is 2. The van der Waals surface area contributed by atoms with Gasteiger partial charge < -0.3 is 15.8 Å². The summed E-state index contributed by atoms with van der Waals surface area (Å²) in [6.45, 7) is 0. The van der Waals surface area contributed by atoms with E-state index >= 15 is 0 Å². The molecule has 0 saturated heterocycles. The molecule has 0 bridgehead atoms. The molecule has 1 aliphatic carbocycles. The number of nitrogens with two attached hydrogens (primary N) is 1. The van der Waals surface area contributed by atoms with E-state index in [2.05, 4.69) is 17.5 Å². The first-order valence-corrected chi connectivity index (χ1v) is 6.69. The molecule has 4 heteroatoms. The zero-order chi connectivity index (χ0) is 13.5. The van der Waals surface area contributed by atoms with E-state index in [4.69, 9.17) is 10.5 Å². The molecule has 2 atom stereocenters. The molecule has 1 amide bonds. The van der Waals surface area contributed by atoms with Crippen molar-refractivity contribution in [2.45, 2.75) is 37.8 Å². The van der Waals surface area contributed by atoms with Crippen molar-refractivity contribution in [3.63, 3.8) is 0 Å². The Morgan fingerprint density at radius 1 is 1.16 bits per heavy atom. The van der Waals surface area contributed by atoms with Crippen LogP contribution < -0.4 is 15.8 Å². The van der Waals surface area contributed by atoms with Gasteiger partial charge in [0.1, 0.15) is 5.75 Å². The first kappa shape index (κ1) is 13.6. The molecule has 3 N–H and O–H groups in total. The molecule has 1 aliphatic rings. The van der Waals surface area contributed by atoms with Gasteiger partial charge in [0.25, 0.3) is 0 Å². The van der Waals surface area contributed by atoms with Crippen LogP contribution >= 0.6 is 0 Å². The van der Waals surface area contributed by atoms with Gasteiger partial charge in [-0.1, -0.05) is 30.4 Å². The van der Waals surface area contributed by atoms with Crippen LogP contribution in [-0.4, -0.2) is 18.2 Å². The number of ether oxygens (including phenoxy) is 1. The molecule has 2 rings (SSSR count). The SMILES string of the molecule is N[C@H]1CCC=CCCC1NC(=O)Oc1ccccc1. The Kier molecular flexibility index (Phi) is 4.98. The van der Waals surface area contributed by atoms with Gasteiger partial charge in [0.15, 0.2) is 0 Å². The van der Waals surface area contributed by atoms with Gasteiger partial charge in [0.2, 0.25) is 0 Å². The topological polar surface area (TPSA) is 64.3 Å². The lowest BCUT2D eigenvalue weighted by atomic mass is 9.96. The molecule has 0 heterocycles. The Morgan fingerprint density at radius 3 is 2.58 bits per heavy atom. The summed E-state index contributed by atoms with van der Waals surface area (Å²) in [7, 11) is 0. The molecular weight excluding hydrogens is 240 g/mol. The maximum atomic E-state index is 11.8. The van der Waals surface area contributed by atoms with Gasteiger partial charge in [-0.2, -0.15) is 0 Å². The van der Waals surface area contributed by atoms with E-state index in [1.54, 1.807) is 12.1 Å². The molecule has 0 radical (unpaired) electrons. The lowest BCUT2D eigenvalue weighted by Crippen LogP contribution is -2.48. The lowest BCUT2D eigenvalue weighted by molar-refractivity contribution is 0.192. The maximum absolute atomic E-state index is 11.8. The molecule has 102 valence electrons. The average Bonchev–Trinajstić information content (AvgIpc) is 2.40. The standard InChI is InChI=1S/C15H20N2O2/c16-13-10-6-1-2-7-11-14(13)17-15(18)19-12-8-4-3-5-9-12/h1-5,8-9,13-14H,6-7,10-11,16H2,(H,17,18)/t13-,14?/m0/s1. The minimum atomic E-state index is -0.434. The minimum Gasteiger partial charge on any atom is -0.410 e. The van der Waals surface area contributed by atoms with Crippen LogP contribution in [0, 0.1) is 0 Å². The van der Waals surface area contributed by atoms with Crippen molar-refractivity contribution in [2.24, 2.45) is 5.73 Å². The second-order valence-electron chi connectivity index (χ2n) is 4.74. The highest BCUT2D eigenvalue weighted by molar-refractivity contribution is 5.70. The summed E-state index contributed by atoms with van der Waals surface area (Å²) < 4.78 is 5.21. The number of carbonyl (C=O) groups excluding carboxylic acids is 1. The largest absolute Gasteiger partial charge is 0.412 e. The lowest BCUT2D eigenvalue weighted by Gasteiger charge is -2.25. The molecule has 4 nitrogen and oxygen atoms in total. The van der Waals surface area contributed by atoms with E-state index in [0.29, 0.717) is 5.75 Å². The predicted molar refractivity (Wildman–Crippen MR) is 75.0 cm³/mol. The molecule has 0 fully saturated rings. The van der Waals surface area contributed by atoms with Crippen LogP contribution in [0.3, 0.4) is 0 Å². The van der Waals surface area contributed by atoms with Crippen LogP contribution in [-0.2, 0) is 0 Å². The quantitative estimate of drug-likeness (QED) is 0.803. The fourth-order valence-electron chi connectivity index (χ4n) is 2.17. The Labute approximate surface area is 113 Å². The third-order valence-electron chi connectivity index (χ3n) is 3.25. The Hall–Kier alpha value is -1.81. The molecule has 0 aliphatic heterocycles. The van der Waals surface area contributed by atoms with E-state index in [9.17, 15) is 4.79 Å². The second-order valence-corrected chi connectivity index (χ2v) is 4.74. The molecular formula is C15H20N2O2.